The molecule has 0 rings (SSSR count). The molecule has 3 heteroatoms. The van der Waals surface area contributed by atoms with Gasteiger partial charge in [0.25, 0.3) is 0 Å². The molecule has 0 amide bonds. The van der Waals surface area contributed by atoms with Gasteiger partial charge in [0.1, 0.15) is 5.52 Å². The van der Waals surface area contributed by atoms with E-state index in [1.54, 1.807) is 6.92 Å². The first-order valence-corrected chi connectivity index (χ1v) is 2.75. The van der Waals surface area contributed by atoms with Crippen LogP contribution in [0.2, 0.25) is 0 Å². The molecule has 0 aliphatic rings. The number of halogens is 1. The van der Waals surface area contributed by atoms with Crippen molar-refractivity contribution in [2.24, 2.45) is 0 Å². The Morgan fingerprint density at radius 3 is 2.50 bits per heavy atom. The van der Waals surface area contributed by atoms with Crippen LogP contribution in [-0.2, 0) is 4.74 Å². The zero-order valence-electron chi connectivity index (χ0n) is 3.52. The smallest absolute Gasteiger partial charge is 0.152 e. The first kappa shape index (κ1) is 6.40. The zero-order chi connectivity index (χ0) is 4.99. The van der Waals surface area contributed by atoms with Crippen molar-refractivity contribution in [3.63, 3.8) is 0 Å². The summed E-state index contributed by atoms with van der Waals surface area (Å²) < 4.78 is 4.51. The van der Waals surface area contributed by atoms with Crippen molar-refractivity contribution >= 4 is 15.9 Å². The van der Waals surface area contributed by atoms with E-state index in [0.29, 0.717) is 5.52 Å². The molecule has 0 radical (unpaired) electrons. The Kier molecular flexibility index (Phi) is 3.82. The van der Waals surface area contributed by atoms with Gasteiger partial charge >= 0.3 is 0 Å². The molecule has 0 aromatic rings. The van der Waals surface area contributed by atoms with Crippen molar-refractivity contribution in [1.29, 1.82) is 0 Å². The Hall–Kier alpha value is 0.400. The molecule has 0 spiro atoms. The lowest BCUT2D eigenvalue weighted by Gasteiger charge is -1.98. The van der Waals surface area contributed by atoms with Gasteiger partial charge in [-0.1, -0.05) is 15.9 Å². The van der Waals surface area contributed by atoms with E-state index in [9.17, 15) is 0 Å². The highest BCUT2D eigenvalue weighted by Crippen LogP contribution is 1.86. The third-order valence-electron chi connectivity index (χ3n) is 0.304. The third kappa shape index (κ3) is 4.40. The molecule has 6 heavy (non-hydrogen) atoms. The number of aliphatic hydroxyl groups is 1. The summed E-state index contributed by atoms with van der Waals surface area (Å²) in [6.07, 6.45) is -0.649. The Labute approximate surface area is 45.2 Å². The first-order valence-electron chi connectivity index (χ1n) is 1.63. The van der Waals surface area contributed by atoms with Gasteiger partial charge in [0.15, 0.2) is 6.29 Å². The van der Waals surface area contributed by atoms with Crippen molar-refractivity contribution < 1.29 is 9.84 Å². The molecule has 0 saturated heterocycles. The number of alkyl halides is 1. The van der Waals surface area contributed by atoms with Gasteiger partial charge in [0.2, 0.25) is 0 Å². The van der Waals surface area contributed by atoms with Crippen LogP contribution in [0, 0.1) is 0 Å². The summed E-state index contributed by atoms with van der Waals surface area (Å²) in [4.78, 5) is 0. The maximum Gasteiger partial charge on any atom is 0.152 e. The Bertz CT molecular complexity index is 30.0. The highest BCUT2D eigenvalue weighted by molar-refractivity contribution is 9.09. The summed E-state index contributed by atoms with van der Waals surface area (Å²) in [5, 5.41) is 8.30. The number of hydrogen-bond acceptors (Lipinski definition) is 2. The normalized spacial score (nSPS) is 14.5. The lowest BCUT2D eigenvalue weighted by atomic mass is 10.8. The lowest BCUT2D eigenvalue weighted by molar-refractivity contribution is -0.0639. The standard InChI is InChI=1S/C3H7BrO2/c1-3(5)6-2-4/h3,5H,2H2,1H3. The molecule has 0 bridgehead atoms. The molecule has 0 aromatic heterocycles. The van der Waals surface area contributed by atoms with E-state index in [1.807, 2.05) is 0 Å². The minimum atomic E-state index is -0.649. The van der Waals surface area contributed by atoms with Crippen LogP contribution >= 0.6 is 15.9 Å². The molecule has 0 fully saturated rings. The largest absolute Gasteiger partial charge is 0.368 e. The molecule has 0 saturated carbocycles. The molecule has 1 atom stereocenters. The molecule has 38 valence electrons. The van der Waals surface area contributed by atoms with E-state index in [-0.39, 0.29) is 0 Å². The van der Waals surface area contributed by atoms with E-state index < -0.39 is 6.29 Å². The number of aliphatic hydroxyl groups excluding tert-OH is 1. The second kappa shape index (κ2) is 3.59. The van der Waals surface area contributed by atoms with Crippen LogP contribution in [0.5, 0.6) is 0 Å². The Morgan fingerprint density at radius 1 is 2.00 bits per heavy atom. The van der Waals surface area contributed by atoms with Gasteiger partial charge in [-0.25, -0.2) is 0 Å². The maximum absolute atomic E-state index is 8.30. The molecular weight excluding hydrogens is 148 g/mol. The number of hydrogen-bond donors (Lipinski definition) is 1. The molecule has 0 heterocycles. The predicted octanol–water partition coefficient (Wildman–Crippen LogP) is 0.694. The van der Waals surface area contributed by atoms with E-state index in [0.717, 1.165) is 0 Å². The average molecular weight is 155 g/mol. The Balaban J connectivity index is 2.63. The fourth-order valence-electron chi connectivity index (χ4n) is 0.0912. The maximum atomic E-state index is 8.30. The van der Waals surface area contributed by atoms with Gasteiger partial charge in [0, 0.05) is 0 Å². The quantitative estimate of drug-likeness (QED) is 0.469. The van der Waals surface area contributed by atoms with Crippen molar-refractivity contribution in [3.05, 3.63) is 0 Å². The summed E-state index contributed by atoms with van der Waals surface area (Å²) in [7, 11) is 0. The van der Waals surface area contributed by atoms with Crippen molar-refractivity contribution in [1.82, 2.24) is 0 Å². The van der Waals surface area contributed by atoms with Crippen LogP contribution in [0.15, 0.2) is 0 Å². The minimum absolute atomic E-state index is 0.394. The predicted molar refractivity (Wildman–Crippen MR) is 26.6 cm³/mol. The van der Waals surface area contributed by atoms with Gasteiger partial charge in [-0.15, -0.1) is 0 Å². The SMILES string of the molecule is CC(O)OCBr. The van der Waals surface area contributed by atoms with Crippen LogP contribution in [-0.4, -0.2) is 16.9 Å². The van der Waals surface area contributed by atoms with Crippen molar-refractivity contribution in [2.75, 3.05) is 5.52 Å². The summed E-state index contributed by atoms with van der Waals surface area (Å²) in [5.41, 5.74) is 0.394. The summed E-state index contributed by atoms with van der Waals surface area (Å²) in [6, 6.07) is 0. The van der Waals surface area contributed by atoms with Gasteiger partial charge in [-0.05, 0) is 6.92 Å². The van der Waals surface area contributed by atoms with Crippen LogP contribution < -0.4 is 0 Å². The summed E-state index contributed by atoms with van der Waals surface area (Å²) >= 11 is 2.97. The molecule has 1 unspecified atom stereocenters. The van der Waals surface area contributed by atoms with Gasteiger partial charge < -0.3 is 9.84 Å². The molecule has 1 N–H and O–H groups in total. The third-order valence-corrected chi connectivity index (χ3v) is 0.569. The summed E-state index contributed by atoms with van der Waals surface area (Å²) in [6.45, 7) is 1.56. The highest BCUT2D eigenvalue weighted by Gasteiger charge is 1.86. The fraction of sp³-hybridized carbons (Fsp3) is 1.00. The second-order valence-corrected chi connectivity index (χ2v) is 1.33. The van der Waals surface area contributed by atoms with E-state index in [2.05, 4.69) is 20.7 Å². The first-order chi connectivity index (χ1) is 2.77. The second-order valence-electron chi connectivity index (χ2n) is 0.875. The fourth-order valence-corrected chi connectivity index (χ4v) is 0.474. The van der Waals surface area contributed by atoms with E-state index in [4.69, 9.17) is 5.11 Å². The van der Waals surface area contributed by atoms with Crippen molar-refractivity contribution in [3.8, 4) is 0 Å². The van der Waals surface area contributed by atoms with Gasteiger partial charge in [0.05, 0.1) is 0 Å². The highest BCUT2D eigenvalue weighted by atomic mass is 79.9. The van der Waals surface area contributed by atoms with E-state index in [1.165, 1.54) is 0 Å². The summed E-state index contributed by atoms with van der Waals surface area (Å²) in [5.74, 6) is 0. The zero-order valence-corrected chi connectivity index (χ0v) is 5.10. The molecule has 0 aliphatic carbocycles. The average Bonchev–Trinajstić information content (AvgIpc) is 1.35. The van der Waals surface area contributed by atoms with Crippen LogP contribution in [0.1, 0.15) is 6.92 Å². The van der Waals surface area contributed by atoms with Crippen LogP contribution in [0.25, 0.3) is 0 Å². The topological polar surface area (TPSA) is 29.5 Å². The van der Waals surface area contributed by atoms with Gasteiger partial charge in [-0.3, -0.25) is 0 Å². The lowest BCUT2D eigenvalue weighted by Crippen LogP contribution is -2.02. The monoisotopic (exact) mass is 154 g/mol. The van der Waals surface area contributed by atoms with Gasteiger partial charge in [-0.2, -0.15) is 0 Å². The van der Waals surface area contributed by atoms with Crippen LogP contribution in [0.4, 0.5) is 0 Å². The number of rotatable bonds is 2. The van der Waals surface area contributed by atoms with E-state index >= 15 is 0 Å². The minimum Gasteiger partial charge on any atom is -0.368 e. The van der Waals surface area contributed by atoms with Crippen LogP contribution in [0.3, 0.4) is 0 Å². The Morgan fingerprint density at radius 2 is 2.50 bits per heavy atom. The molecular formula is C3H7BrO2. The van der Waals surface area contributed by atoms with Crippen molar-refractivity contribution in [2.45, 2.75) is 13.2 Å². The number of ether oxygens (including phenoxy) is 1. The molecule has 0 aliphatic heterocycles. The molecule has 0 aromatic carbocycles. The molecule has 2 nitrogen and oxygen atoms in total.